The quantitative estimate of drug-likeness (QED) is 0.835. The second-order valence-electron chi connectivity index (χ2n) is 5.94. The number of urea groups is 1. The molecule has 0 spiro atoms. The lowest BCUT2D eigenvalue weighted by Gasteiger charge is -2.21. The minimum absolute atomic E-state index is 0.00849. The molecule has 1 fully saturated rings. The zero-order chi connectivity index (χ0) is 17.7. The smallest absolute Gasteiger partial charge is 0.318 e. The molecule has 2 aromatic carbocycles. The highest BCUT2D eigenvalue weighted by Crippen LogP contribution is 2.37. The third-order valence-corrected chi connectivity index (χ3v) is 4.20. The molecule has 3 rings (SSSR count). The van der Waals surface area contributed by atoms with Crippen LogP contribution in [0, 0.1) is 17.7 Å². The summed E-state index contributed by atoms with van der Waals surface area (Å²) in [6.45, 7) is 0.248. The molecule has 0 aromatic heterocycles. The van der Waals surface area contributed by atoms with Gasteiger partial charge in [0.05, 0.1) is 13.1 Å². The molecule has 5 heteroatoms. The lowest BCUT2D eigenvalue weighted by atomic mass is 9.94. The fourth-order valence-electron chi connectivity index (χ4n) is 2.89. The van der Waals surface area contributed by atoms with Crippen LogP contribution in [0.1, 0.15) is 17.5 Å². The van der Waals surface area contributed by atoms with Gasteiger partial charge in [0, 0.05) is 24.1 Å². The SMILES string of the molecule is O=C(NCC#Cc1ccccc1)N1CCC(F)(c2ccccc2F)C1. The molecule has 1 heterocycles. The highest BCUT2D eigenvalue weighted by atomic mass is 19.1. The molecule has 3 nitrogen and oxygen atoms in total. The van der Waals surface area contributed by atoms with Gasteiger partial charge >= 0.3 is 6.03 Å². The molecular formula is C20H18F2N2O. The Morgan fingerprint density at radius 1 is 1.16 bits per heavy atom. The van der Waals surface area contributed by atoms with Gasteiger partial charge in [-0.1, -0.05) is 48.2 Å². The third-order valence-electron chi connectivity index (χ3n) is 4.20. The zero-order valence-electron chi connectivity index (χ0n) is 13.6. The van der Waals surface area contributed by atoms with Crippen LogP contribution in [0.5, 0.6) is 0 Å². The van der Waals surface area contributed by atoms with E-state index in [0.717, 1.165) is 5.56 Å². The van der Waals surface area contributed by atoms with E-state index >= 15 is 4.39 Å². The van der Waals surface area contributed by atoms with Gasteiger partial charge in [-0.15, -0.1) is 0 Å². The average Bonchev–Trinajstić information content (AvgIpc) is 3.03. The van der Waals surface area contributed by atoms with Crippen molar-refractivity contribution in [3.05, 3.63) is 71.5 Å². The molecule has 0 radical (unpaired) electrons. The fraction of sp³-hybridized carbons (Fsp3) is 0.250. The molecule has 0 bridgehead atoms. The number of alkyl halides is 1. The lowest BCUT2D eigenvalue weighted by molar-refractivity contribution is 0.160. The van der Waals surface area contributed by atoms with E-state index in [2.05, 4.69) is 17.2 Å². The second kappa shape index (κ2) is 7.35. The number of carbonyl (C=O) groups excluding carboxylic acids is 1. The summed E-state index contributed by atoms with van der Waals surface area (Å²) in [4.78, 5) is 13.5. The van der Waals surface area contributed by atoms with E-state index in [4.69, 9.17) is 0 Å². The molecule has 1 unspecified atom stereocenters. The largest absolute Gasteiger partial charge is 0.327 e. The summed E-state index contributed by atoms with van der Waals surface area (Å²) in [6, 6.07) is 14.8. The molecule has 2 amide bonds. The number of halogens is 2. The molecule has 128 valence electrons. The van der Waals surface area contributed by atoms with Crippen molar-refractivity contribution in [3.8, 4) is 11.8 Å². The van der Waals surface area contributed by atoms with Crippen molar-refractivity contribution in [2.45, 2.75) is 12.1 Å². The van der Waals surface area contributed by atoms with Gasteiger partial charge in [0.25, 0.3) is 0 Å². The Morgan fingerprint density at radius 3 is 2.64 bits per heavy atom. The molecule has 1 saturated heterocycles. The van der Waals surface area contributed by atoms with Crippen LogP contribution in [0.15, 0.2) is 54.6 Å². The molecule has 25 heavy (non-hydrogen) atoms. The van der Waals surface area contributed by atoms with Crippen LogP contribution in [0.25, 0.3) is 0 Å². The summed E-state index contributed by atoms with van der Waals surface area (Å²) in [5.41, 5.74) is -0.979. The molecule has 0 aliphatic carbocycles. The summed E-state index contributed by atoms with van der Waals surface area (Å²) >= 11 is 0. The monoisotopic (exact) mass is 340 g/mol. The van der Waals surface area contributed by atoms with Crippen molar-refractivity contribution in [2.24, 2.45) is 0 Å². The maximum atomic E-state index is 15.0. The summed E-state index contributed by atoms with van der Waals surface area (Å²) in [7, 11) is 0. The van der Waals surface area contributed by atoms with E-state index in [0.29, 0.717) is 0 Å². The van der Waals surface area contributed by atoms with E-state index in [-0.39, 0.29) is 31.6 Å². The predicted molar refractivity (Wildman–Crippen MR) is 92.1 cm³/mol. The van der Waals surface area contributed by atoms with Gasteiger partial charge in [0.1, 0.15) is 5.82 Å². The highest BCUT2D eigenvalue weighted by Gasteiger charge is 2.43. The van der Waals surface area contributed by atoms with Crippen LogP contribution >= 0.6 is 0 Å². The summed E-state index contributed by atoms with van der Waals surface area (Å²) in [6.07, 6.45) is 0.0804. The molecular weight excluding hydrogens is 322 g/mol. The summed E-state index contributed by atoms with van der Waals surface area (Å²) < 4.78 is 28.9. The Hall–Kier alpha value is -2.87. The van der Waals surface area contributed by atoms with E-state index in [9.17, 15) is 9.18 Å². The molecule has 1 aliphatic heterocycles. The normalized spacial score (nSPS) is 19.2. The third kappa shape index (κ3) is 3.97. The van der Waals surface area contributed by atoms with Crippen LogP contribution in [-0.2, 0) is 5.67 Å². The number of carbonyl (C=O) groups is 1. The van der Waals surface area contributed by atoms with Crippen LogP contribution in [-0.4, -0.2) is 30.6 Å². The Bertz CT molecular complexity index is 813. The van der Waals surface area contributed by atoms with Crippen LogP contribution < -0.4 is 5.32 Å². The molecule has 0 saturated carbocycles. The first-order valence-corrected chi connectivity index (χ1v) is 8.09. The lowest BCUT2D eigenvalue weighted by Crippen LogP contribution is -2.40. The molecule has 1 N–H and O–H groups in total. The van der Waals surface area contributed by atoms with Crippen molar-refractivity contribution in [1.82, 2.24) is 10.2 Å². The fourth-order valence-corrected chi connectivity index (χ4v) is 2.89. The first kappa shape index (κ1) is 17.0. The Kier molecular flexibility index (Phi) is 4.99. The van der Waals surface area contributed by atoms with Gasteiger partial charge in [-0.25, -0.2) is 13.6 Å². The average molecular weight is 340 g/mol. The van der Waals surface area contributed by atoms with Crippen molar-refractivity contribution in [3.63, 3.8) is 0 Å². The summed E-state index contributed by atoms with van der Waals surface area (Å²) in [5.74, 6) is 5.21. The van der Waals surface area contributed by atoms with Crippen LogP contribution in [0.3, 0.4) is 0 Å². The van der Waals surface area contributed by atoms with Gasteiger partial charge < -0.3 is 10.2 Å². The zero-order valence-corrected chi connectivity index (χ0v) is 13.6. The van der Waals surface area contributed by atoms with Crippen LogP contribution in [0.4, 0.5) is 13.6 Å². The van der Waals surface area contributed by atoms with Gasteiger partial charge in [0.2, 0.25) is 0 Å². The highest BCUT2D eigenvalue weighted by molar-refractivity contribution is 5.75. The molecule has 1 atom stereocenters. The number of hydrogen-bond acceptors (Lipinski definition) is 1. The van der Waals surface area contributed by atoms with E-state index < -0.39 is 17.5 Å². The van der Waals surface area contributed by atoms with Gasteiger partial charge in [-0.05, 0) is 18.2 Å². The number of benzene rings is 2. The molecule has 1 aliphatic rings. The number of nitrogens with one attached hydrogen (secondary N) is 1. The Balaban J connectivity index is 1.56. The number of nitrogens with zero attached hydrogens (tertiary/aromatic N) is 1. The van der Waals surface area contributed by atoms with Gasteiger partial charge in [-0.2, -0.15) is 0 Å². The molecule has 2 aromatic rings. The van der Waals surface area contributed by atoms with Crippen molar-refractivity contribution in [1.29, 1.82) is 0 Å². The first-order valence-electron chi connectivity index (χ1n) is 8.09. The first-order chi connectivity index (χ1) is 12.1. The number of hydrogen-bond donors (Lipinski definition) is 1. The maximum absolute atomic E-state index is 15.0. The van der Waals surface area contributed by atoms with Gasteiger partial charge in [-0.3, -0.25) is 0 Å². The number of amides is 2. The van der Waals surface area contributed by atoms with E-state index in [1.807, 2.05) is 30.3 Å². The van der Waals surface area contributed by atoms with Crippen LogP contribution in [0.2, 0.25) is 0 Å². The summed E-state index contributed by atoms with van der Waals surface area (Å²) in [5, 5.41) is 2.65. The second-order valence-corrected chi connectivity index (χ2v) is 5.94. The minimum Gasteiger partial charge on any atom is -0.327 e. The number of rotatable bonds is 2. The van der Waals surface area contributed by atoms with Crippen molar-refractivity contribution in [2.75, 3.05) is 19.6 Å². The van der Waals surface area contributed by atoms with Crippen molar-refractivity contribution >= 4 is 6.03 Å². The topological polar surface area (TPSA) is 32.3 Å². The predicted octanol–water partition coefficient (Wildman–Crippen LogP) is 3.46. The Morgan fingerprint density at radius 2 is 1.88 bits per heavy atom. The van der Waals surface area contributed by atoms with E-state index in [1.54, 1.807) is 6.07 Å². The maximum Gasteiger partial charge on any atom is 0.318 e. The number of likely N-dealkylation sites (tertiary alicyclic amines) is 1. The standard InChI is InChI=1S/C20H18F2N2O/c21-18-11-5-4-10-17(18)20(22)12-14-24(15-20)19(25)23-13-6-9-16-7-2-1-3-8-16/h1-5,7-8,10-11H,12-15H2,(H,23,25). The van der Waals surface area contributed by atoms with Gasteiger partial charge in [0.15, 0.2) is 5.67 Å². The van der Waals surface area contributed by atoms with Crippen molar-refractivity contribution < 1.29 is 13.6 Å². The Labute approximate surface area is 145 Å². The van der Waals surface area contributed by atoms with E-state index in [1.165, 1.54) is 23.1 Å². The minimum atomic E-state index is -1.85.